The number of para-hydroxylation sites is 1. The average Bonchev–Trinajstić information content (AvgIpc) is 2.93. The molecule has 1 aliphatic rings. The van der Waals surface area contributed by atoms with Crippen LogP contribution in [0, 0.1) is 0 Å². The van der Waals surface area contributed by atoms with Crippen LogP contribution >= 0.6 is 0 Å². The molecule has 134 valence electrons. The van der Waals surface area contributed by atoms with Crippen molar-refractivity contribution in [1.82, 2.24) is 0 Å². The summed E-state index contributed by atoms with van der Waals surface area (Å²) in [7, 11) is 0. The van der Waals surface area contributed by atoms with Gasteiger partial charge in [-0.3, -0.25) is 0 Å². The van der Waals surface area contributed by atoms with Crippen LogP contribution in [0.3, 0.4) is 0 Å². The van der Waals surface area contributed by atoms with E-state index >= 15 is 0 Å². The number of benzene rings is 2. The summed E-state index contributed by atoms with van der Waals surface area (Å²) in [5.74, 6) is 0. The second-order valence-electron chi connectivity index (χ2n) is 7.33. The lowest BCUT2D eigenvalue weighted by Gasteiger charge is -2.41. The highest BCUT2D eigenvalue weighted by Crippen LogP contribution is 2.37. The molecule has 0 bridgehead atoms. The van der Waals surface area contributed by atoms with Gasteiger partial charge in [0.15, 0.2) is 0 Å². The molecule has 1 nitrogen and oxygen atoms in total. The molecule has 0 aliphatic heterocycles. The van der Waals surface area contributed by atoms with E-state index in [0.29, 0.717) is 0 Å². The summed E-state index contributed by atoms with van der Waals surface area (Å²) >= 11 is 0. The van der Waals surface area contributed by atoms with E-state index in [2.05, 4.69) is 111 Å². The van der Waals surface area contributed by atoms with Crippen LogP contribution in [0.5, 0.6) is 0 Å². The van der Waals surface area contributed by atoms with Gasteiger partial charge in [0.2, 0.25) is 0 Å². The van der Waals surface area contributed by atoms with Gasteiger partial charge in [0.1, 0.15) is 0 Å². The van der Waals surface area contributed by atoms with Gasteiger partial charge in [0.25, 0.3) is 0 Å². The molecule has 1 aliphatic carbocycles. The Hall–Kier alpha value is -2.54. The third-order valence-corrected chi connectivity index (χ3v) is 4.99. The van der Waals surface area contributed by atoms with Gasteiger partial charge in [0, 0.05) is 11.4 Å². The van der Waals surface area contributed by atoms with Crippen molar-refractivity contribution in [3.8, 4) is 0 Å². The summed E-state index contributed by atoms with van der Waals surface area (Å²) in [6.45, 7) is 6.84. The van der Waals surface area contributed by atoms with Crippen molar-refractivity contribution in [2.24, 2.45) is 0 Å². The van der Waals surface area contributed by atoms with Crippen molar-refractivity contribution in [3.05, 3.63) is 102 Å². The number of rotatable bonds is 6. The Kier molecular flexibility index (Phi) is 5.78. The van der Waals surface area contributed by atoms with Gasteiger partial charge in [-0.25, -0.2) is 0 Å². The van der Waals surface area contributed by atoms with Crippen LogP contribution in [0.2, 0.25) is 0 Å². The van der Waals surface area contributed by atoms with E-state index in [-0.39, 0.29) is 5.54 Å². The highest BCUT2D eigenvalue weighted by molar-refractivity contribution is 5.59. The Morgan fingerprint density at radius 1 is 0.923 bits per heavy atom. The first-order chi connectivity index (χ1) is 12.6. The van der Waals surface area contributed by atoms with E-state index in [0.717, 1.165) is 12.8 Å². The zero-order valence-electron chi connectivity index (χ0n) is 16.2. The van der Waals surface area contributed by atoms with E-state index < -0.39 is 0 Å². The molecule has 0 N–H and O–H groups in total. The maximum atomic E-state index is 2.44. The van der Waals surface area contributed by atoms with Crippen LogP contribution in [0.4, 0.5) is 5.69 Å². The monoisotopic (exact) mass is 343 g/mol. The van der Waals surface area contributed by atoms with E-state index in [1.165, 1.54) is 28.9 Å². The van der Waals surface area contributed by atoms with Crippen LogP contribution < -0.4 is 4.90 Å². The normalized spacial score (nSPS) is 14.0. The Labute approximate surface area is 158 Å². The molecule has 2 aromatic carbocycles. The topological polar surface area (TPSA) is 3.24 Å². The van der Waals surface area contributed by atoms with Gasteiger partial charge in [-0.15, -0.1) is 0 Å². The molecular formula is C25H29N. The summed E-state index contributed by atoms with van der Waals surface area (Å²) in [6, 6.07) is 19.8. The fourth-order valence-corrected chi connectivity index (χ4v) is 3.59. The first kappa shape index (κ1) is 18.3. The molecule has 0 unspecified atom stereocenters. The minimum Gasteiger partial charge on any atom is -0.332 e. The molecule has 0 atom stereocenters. The molecule has 0 spiro atoms. The fourth-order valence-electron chi connectivity index (χ4n) is 3.59. The summed E-state index contributed by atoms with van der Waals surface area (Å²) in [5.41, 5.74) is 4.99. The van der Waals surface area contributed by atoms with E-state index in [1.54, 1.807) is 0 Å². The standard InChI is InChI=1S/C25H29N/c1-4-12-21-17-19-22(20-18-21)25(2,3)26(24-15-10-7-11-16-24)23-13-8-5-6-9-14-23/h5,7-11,13-20H,4,6,12H2,1-3H3. The molecule has 0 amide bonds. The summed E-state index contributed by atoms with van der Waals surface area (Å²) in [4.78, 5) is 2.44. The molecule has 0 heterocycles. The average molecular weight is 344 g/mol. The van der Waals surface area contributed by atoms with Crippen molar-refractivity contribution < 1.29 is 0 Å². The quantitative estimate of drug-likeness (QED) is 0.558. The van der Waals surface area contributed by atoms with Crippen molar-refractivity contribution in [2.45, 2.75) is 45.6 Å². The maximum absolute atomic E-state index is 2.44. The zero-order chi connectivity index (χ0) is 18.4. The second kappa shape index (κ2) is 8.23. The van der Waals surface area contributed by atoms with Gasteiger partial charge in [0.05, 0.1) is 5.54 Å². The number of hydrogen-bond acceptors (Lipinski definition) is 1. The third kappa shape index (κ3) is 3.99. The van der Waals surface area contributed by atoms with Gasteiger partial charge in [-0.2, -0.15) is 0 Å². The molecule has 0 fully saturated rings. The Balaban J connectivity index is 2.05. The molecule has 26 heavy (non-hydrogen) atoms. The molecule has 0 radical (unpaired) electrons. The molecule has 0 aromatic heterocycles. The SMILES string of the molecule is CCCc1ccc(C(C)(C)N(C2=CC=CCC=C2)c2ccccc2)cc1. The highest BCUT2D eigenvalue weighted by Gasteiger charge is 2.31. The number of hydrogen-bond donors (Lipinski definition) is 0. The Morgan fingerprint density at radius 3 is 2.35 bits per heavy atom. The largest absolute Gasteiger partial charge is 0.332 e. The van der Waals surface area contributed by atoms with Crippen molar-refractivity contribution in [1.29, 1.82) is 0 Å². The Bertz CT molecular complexity index is 792. The number of allylic oxidation sites excluding steroid dienone is 5. The van der Waals surface area contributed by atoms with Gasteiger partial charge < -0.3 is 4.90 Å². The lowest BCUT2D eigenvalue weighted by atomic mass is 9.89. The molecular weight excluding hydrogens is 314 g/mol. The minimum absolute atomic E-state index is 0.166. The van der Waals surface area contributed by atoms with Crippen LogP contribution in [0.15, 0.2) is 90.7 Å². The summed E-state index contributed by atoms with van der Waals surface area (Å²) in [6.07, 6.45) is 14.3. The van der Waals surface area contributed by atoms with Gasteiger partial charge in [-0.05, 0) is 62.1 Å². The van der Waals surface area contributed by atoms with Crippen LogP contribution in [-0.2, 0) is 12.0 Å². The zero-order valence-corrected chi connectivity index (χ0v) is 16.2. The first-order valence-electron chi connectivity index (χ1n) is 9.61. The van der Waals surface area contributed by atoms with Crippen molar-refractivity contribution in [2.75, 3.05) is 4.90 Å². The van der Waals surface area contributed by atoms with E-state index in [4.69, 9.17) is 0 Å². The van der Waals surface area contributed by atoms with Crippen molar-refractivity contribution in [3.63, 3.8) is 0 Å². The first-order valence-corrected chi connectivity index (χ1v) is 9.61. The van der Waals surface area contributed by atoms with Crippen molar-refractivity contribution >= 4 is 5.69 Å². The predicted molar refractivity (Wildman–Crippen MR) is 113 cm³/mol. The molecule has 1 heteroatoms. The van der Waals surface area contributed by atoms with Gasteiger partial charge >= 0.3 is 0 Å². The second-order valence-corrected chi connectivity index (χ2v) is 7.33. The summed E-state index contributed by atoms with van der Waals surface area (Å²) in [5, 5.41) is 0. The lowest BCUT2D eigenvalue weighted by Crippen LogP contribution is -2.40. The smallest absolute Gasteiger partial charge is 0.0646 e. The van der Waals surface area contributed by atoms with E-state index in [9.17, 15) is 0 Å². The molecule has 0 saturated carbocycles. The lowest BCUT2D eigenvalue weighted by molar-refractivity contribution is 0.521. The Morgan fingerprint density at radius 2 is 1.65 bits per heavy atom. The van der Waals surface area contributed by atoms with Gasteiger partial charge in [-0.1, -0.05) is 74.0 Å². The maximum Gasteiger partial charge on any atom is 0.0646 e. The molecule has 3 rings (SSSR count). The third-order valence-electron chi connectivity index (χ3n) is 4.99. The number of nitrogens with zero attached hydrogens (tertiary/aromatic N) is 1. The number of aryl methyl sites for hydroxylation is 1. The van der Waals surface area contributed by atoms with Crippen LogP contribution in [-0.4, -0.2) is 0 Å². The van der Waals surface area contributed by atoms with Crippen LogP contribution in [0.25, 0.3) is 0 Å². The fraction of sp³-hybridized carbons (Fsp3) is 0.280. The predicted octanol–water partition coefficient (Wildman–Crippen LogP) is 6.78. The molecule has 2 aromatic rings. The highest BCUT2D eigenvalue weighted by atomic mass is 15.2. The minimum atomic E-state index is -0.166. The summed E-state index contributed by atoms with van der Waals surface area (Å²) < 4.78 is 0. The van der Waals surface area contributed by atoms with Crippen LogP contribution in [0.1, 0.15) is 44.7 Å². The number of anilines is 1. The molecule has 0 saturated heterocycles. The van der Waals surface area contributed by atoms with E-state index in [1.807, 2.05) is 0 Å².